The third-order valence-electron chi connectivity index (χ3n) is 4.71. The van der Waals surface area contributed by atoms with Crippen LogP contribution in [0.2, 0.25) is 0 Å². The molecule has 1 heterocycles. The van der Waals surface area contributed by atoms with Gasteiger partial charge in [0.25, 0.3) is 0 Å². The van der Waals surface area contributed by atoms with E-state index in [1.807, 2.05) is 31.2 Å². The van der Waals surface area contributed by atoms with Gasteiger partial charge in [0.2, 0.25) is 5.91 Å². The smallest absolute Gasteiger partial charge is 0.223 e. The Morgan fingerprint density at radius 2 is 1.79 bits per heavy atom. The van der Waals surface area contributed by atoms with E-state index in [-0.39, 0.29) is 18.4 Å². The molecule has 1 aromatic heterocycles. The van der Waals surface area contributed by atoms with Crippen LogP contribution in [-0.4, -0.2) is 26.6 Å². The number of carbonyl (C=O) groups excluding carboxylic acids is 1. The maximum Gasteiger partial charge on any atom is 0.223 e. The van der Waals surface area contributed by atoms with Gasteiger partial charge in [-0.15, -0.1) is 0 Å². The molecule has 0 aliphatic heterocycles. The number of hydrogen-bond acceptors (Lipinski definition) is 4. The van der Waals surface area contributed by atoms with Crippen LogP contribution < -0.4 is 5.32 Å². The molecule has 1 unspecified atom stereocenters. The largest absolute Gasteiger partial charge is 0.389 e. The van der Waals surface area contributed by atoms with E-state index in [1.165, 1.54) is 6.33 Å². The molecule has 1 fully saturated rings. The van der Waals surface area contributed by atoms with Gasteiger partial charge in [0.1, 0.15) is 6.33 Å². The normalized spacial score (nSPS) is 17.4. The Balaban J connectivity index is 1.60. The topological polar surface area (TPSA) is 75.1 Å². The monoisotopic (exact) mass is 325 g/mol. The number of benzene rings is 1. The van der Waals surface area contributed by atoms with Crippen molar-refractivity contribution < 1.29 is 9.90 Å². The maximum atomic E-state index is 12.2. The average Bonchev–Trinajstić information content (AvgIpc) is 3.01. The zero-order valence-electron chi connectivity index (χ0n) is 13.9. The molecule has 126 valence electrons. The summed E-state index contributed by atoms with van der Waals surface area (Å²) in [4.78, 5) is 20.2. The number of nitrogens with zero attached hydrogens (tertiary/aromatic N) is 2. The molecule has 24 heavy (non-hydrogen) atoms. The highest BCUT2D eigenvalue weighted by Crippen LogP contribution is 2.32. The zero-order valence-corrected chi connectivity index (χ0v) is 13.9. The Hall–Kier alpha value is -2.27. The minimum atomic E-state index is -0.805. The van der Waals surface area contributed by atoms with Crippen LogP contribution in [0.15, 0.2) is 43.0 Å². The second kappa shape index (κ2) is 7.09. The van der Waals surface area contributed by atoms with Crippen LogP contribution in [0, 0.1) is 0 Å². The lowest BCUT2D eigenvalue weighted by Crippen LogP contribution is -2.35. The van der Waals surface area contributed by atoms with Crippen molar-refractivity contribution in [3.05, 3.63) is 48.5 Å². The van der Waals surface area contributed by atoms with E-state index in [0.717, 1.165) is 42.4 Å². The molecule has 2 aromatic rings. The number of aromatic nitrogens is 2. The molecule has 1 aliphatic carbocycles. The summed E-state index contributed by atoms with van der Waals surface area (Å²) in [5.74, 6) is -0.0903. The molecular formula is C19H23N3O2. The number of nitrogens with one attached hydrogen (secondary N) is 1. The van der Waals surface area contributed by atoms with E-state index in [9.17, 15) is 9.90 Å². The van der Waals surface area contributed by atoms with E-state index in [0.29, 0.717) is 0 Å². The van der Waals surface area contributed by atoms with Crippen LogP contribution >= 0.6 is 0 Å². The number of hydrogen-bond donors (Lipinski definition) is 2. The molecule has 1 aromatic carbocycles. The van der Waals surface area contributed by atoms with Crippen LogP contribution in [-0.2, 0) is 4.79 Å². The van der Waals surface area contributed by atoms with Gasteiger partial charge >= 0.3 is 0 Å². The lowest BCUT2D eigenvalue weighted by molar-refractivity contribution is -0.126. The summed E-state index contributed by atoms with van der Waals surface area (Å²) in [7, 11) is 0. The Morgan fingerprint density at radius 1 is 1.17 bits per heavy atom. The van der Waals surface area contributed by atoms with Gasteiger partial charge in [-0.25, -0.2) is 9.97 Å². The third-order valence-corrected chi connectivity index (χ3v) is 4.71. The van der Waals surface area contributed by atoms with Crippen LogP contribution in [0.1, 0.15) is 50.6 Å². The van der Waals surface area contributed by atoms with Gasteiger partial charge in [0, 0.05) is 18.0 Å². The SMILES string of the molecule is CC(NC(=O)CC1(O)CCCC1)c1ccc(-c2cncnc2)cc1. The van der Waals surface area contributed by atoms with Crippen LogP contribution in [0.25, 0.3) is 11.1 Å². The fraction of sp³-hybridized carbons (Fsp3) is 0.421. The quantitative estimate of drug-likeness (QED) is 0.886. The fourth-order valence-corrected chi connectivity index (χ4v) is 3.30. The first kappa shape index (κ1) is 16.6. The summed E-state index contributed by atoms with van der Waals surface area (Å²) < 4.78 is 0. The number of aliphatic hydroxyl groups is 1. The minimum absolute atomic E-state index is 0.0903. The van der Waals surface area contributed by atoms with Crippen molar-refractivity contribution in [2.24, 2.45) is 0 Å². The molecule has 0 radical (unpaired) electrons. The molecule has 0 spiro atoms. The summed E-state index contributed by atoms with van der Waals surface area (Å²) in [6.07, 6.45) is 8.70. The van der Waals surface area contributed by atoms with E-state index in [4.69, 9.17) is 0 Å². The van der Waals surface area contributed by atoms with Crippen molar-refractivity contribution in [1.29, 1.82) is 0 Å². The summed E-state index contributed by atoms with van der Waals surface area (Å²) in [6, 6.07) is 7.90. The molecule has 0 saturated heterocycles. The molecule has 1 atom stereocenters. The van der Waals surface area contributed by atoms with Crippen molar-refractivity contribution in [2.75, 3.05) is 0 Å². The molecule has 0 bridgehead atoms. The molecule has 2 N–H and O–H groups in total. The second-order valence-corrected chi connectivity index (χ2v) is 6.65. The first-order chi connectivity index (χ1) is 11.6. The van der Waals surface area contributed by atoms with E-state index < -0.39 is 5.60 Å². The first-order valence-corrected chi connectivity index (χ1v) is 8.43. The van der Waals surface area contributed by atoms with Crippen molar-refractivity contribution in [1.82, 2.24) is 15.3 Å². The molecular weight excluding hydrogens is 302 g/mol. The van der Waals surface area contributed by atoms with E-state index in [1.54, 1.807) is 12.4 Å². The van der Waals surface area contributed by atoms with Gasteiger partial charge in [0.05, 0.1) is 18.1 Å². The highest BCUT2D eigenvalue weighted by atomic mass is 16.3. The van der Waals surface area contributed by atoms with Gasteiger partial charge in [-0.2, -0.15) is 0 Å². The summed E-state index contributed by atoms with van der Waals surface area (Å²) in [5, 5.41) is 13.3. The van der Waals surface area contributed by atoms with Gasteiger partial charge in [-0.3, -0.25) is 4.79 Å². The number of carbonyl (C=O) groups is 1. The molecule has 5 nitrogen and oxygen atoms in total. The van der Waals surface area contributed by atoms with E-state index >= 15 is 0 Å². The Kier molecular flexibility index (Phi) is 4.90. The van der Waals surface area contributed by atoms with Crippen molar-refractivity contribution >= 4 is 5.91 Å². The molecule has 1 aliphatic rings. The molecule has 3 rings (SSSR count). The van der Waals surface area contributed by atoms with Crippen molar-refractivity contribution in [3.8, 4) is 11.1 Å². The number of rotatable bonds is 5. The predicted octanol–water partition coefficient (Wildman–Crippen LogP) is 3.02. The predicted molar refractivity (Wildman–Crippen MR) is 92.1 cm³/mol. The van der Waals surface area contributed by atoms with Crippen molar-refractivity contribution in [3.63, 3.8) is 0 Å². The number of amides is 1. The maximum absolute atomic E-state index is 12.2. The van der Waals surface area contributed by atoms with Crippen LogP contribution in [0.3, 0.4) is 0 Å². The average molecular weight is 325 g/mol. The third kappa shape index (κ3) is 3.97. The first-order valence-electron chi connectivity index (χ1n) is 8.43. The lowest BCUT2D eigenvalue weighted by atomic mass is 9.97. The van der Waals surface area contributed by atoms with E-state index in [2.05, 4.69) is 15.3 Å². The Morgan fingerprint density at radius 3 is 2.42 bits per heavy atom. The van der Waals surface area contributed by atoms with Gasteiger partial charge in [-0.05, 0) is 30.9 Å². The Labute approximate surface area is 142 Å². The van der Waals surface area contributed by atoms with Gasteiger partial charge < -0.3 is 10.4 Å². The second-order valence-electron chi connectivity index (χ2n) is 6.65. The van der Waals surface area contributed by atoms with Gasteiger partial charge in [-0.1, -0.05) is 37.1 Å². The molecule has 1 amide bonds. The highest BCUT2D eigenvalue weighted by Gasteiger charge is 2.33. The van der Waals surface area contributed by atoms with Crippen molar-refractivity contribution in [2.45, 2.75) is 50.7 Å². The zero-order chi connectivity index (χ0) is 17.0. The molecule has 5 heteroatoms. The summed E-state index contributed by atoms with van der Waals surface area (Å²) >= 11 is 0. The minimum Gasteiger partial charge on any atom is -0.389 e. The van der Waals surface area contributed by atoms with Crippen LogP contribution in [0.5, 0.6) is 0 Å². The fourth-order valence-electron chi connectivity index (χ4n) is 3.30. The lowest BCUT2D eigenvalue weighted by Gasteiger charge is -2.23. The standard InChI is InChI=1S/C19H23N3O2/c1-14(22-18(23)10-19(24)8-2-3-9-19)15-4-6-16(7-5-15)17-11-20-13-21-12-17/h4-7,11-14,24H,2-3,8-10H2,1H3,(H,22,23). The van der Waals surface area contributed by atoms with Gasteiger partial charge in [0.15, 0.2) is 0 Å². The summed E-state index contributed by atoms with van der Waals surface area (Å²) in [6.45, 7) is 1.96. The molecule has 1 saturated carbocycles. The summed E-state index contributed by atoms with van der Waals surface area (Å²) in [5.41, 5.74) is 2.23. The Bertz CT molecular complexity index is 680. The highest BCUT2D eigenvalue weighted by molar-refractivity contribution is 5.77. The van der Waals surface area contributed by atoms with Crippen LogP contribution in [0.4, 0.5) is 0 Å².